The monoisotopic (exact) mass is 326 g/mol. The third-order valence-corrected chi connectivity index (χ3v) is 4.34. The van der Waals surface area contributed by atoms with Crippen LogP contribution >= 0.6 is 0 Å². The summed E-state index contributed by atoms with van der Waals surface area (Å²) in [5, 5.41) is 0. The average molecular weight is 326 g/mol. The molecule has 2 aromatic carbocycles. The van der Waals surface area contributed by atoms with Gasteiger partial charge in [-0.05, 0) is 25.5 Å². The van der Waals surface area contributed by atoms with Crippen molar-refractivity contribution in [1.29, 1.82) is 0 Å². The van der Waals surface area contributed by atoms with E-state index in [-0.39, 0.29) is 5.78 Å². The predicted molar refractivity (Wildman–Crippen MR) is 100.0 cm³/mol. The topological polar surface area (TPSA) is 34.4 Å². The van der Waals surface area contributed by atoms with E-state index >= 15 is 0 Å². The molecule has 0 atom stereocenters. The van der Waals surface area contributed by atoms with Crippen LogP contribution in [0, 0.1) is 13.8 Å². The Morgan fingerprint density at radius 3 is 2.24 bits per heavy atom. The van der Waals surface area contributed by atoms with Crippen LogP contribution in [0.1, 0.15) is 27.2 Å². The number of ketones is 1. The number of benzene rings is 2. The Kier molecular flexibility index (Phi) is 3.69. The van der Waals surface area contributed by atoms with Gasteiger partial charge in [-0.2, -0.15) is 0 Å². The van der Waals surface area contributed by atoms with Crippen molar-refractivity contribution in [2.45, 2.75) is 13.8 Å². The van der Waals surface area contributed by atoms with Gasteiger partial charge in [0, 0.05) is 17.3 Å². The van der Waals surface area contributed by atoms with Gasteiger partial charge in [-0.15, -0.1) is 0 Å². The lowest BCUT2D eigenvalue weighted by Crippen LogP contribution is -2.04. The van der Waals surface area contributed by atoms with Gasteiger partial charge in [0.1, 0.15) is 11.3 Å². The molecule has 0 spiro atoms. The normalized spacial score (nSPS) is 11.0. The van der Waals surface area contributed by atoms with E-state index < -0.39 is 0 Å². The maximum atomic E-state index is 13.1. The summed E-state index contributed by atoms with van der Waals surface area (Å²) in [6.45, 7) is 4.05. The highest BCUT2D eigenvalue weighted by Crippen LogP contribution is 2.27. The Morgan fingerprint density at radius 1 is 0.840 bits per heavy atom. The Balaban J connectivity index is 1.97. The Labute approximate surface area is 146 Å². The maximum Gasteiger partial charge on any atom is 0.213 e. The molecule has 4 aromatic rings. The Morgan fingerprint density at radius 2 is 1.52 bits per heavy atom. The van der Waals surface area contributed by atoms with E-state index in [0.29, 0.717) is 11.3 Å². The van der Waals surface area contributed by atoms with Gasteiger partial charge in [-0.25, -0.2) is 4.98 Å². The number of carbonyl (C=O) groups is 1. The number of hydrogen-bond acceptors (Lipinski definition) is 2. The summed E-state index contributed by atoms with van der Waals surface area (Å²) in [5.74, 6) is -0.0554. The van der Waals surface area contributed by atoms with Crippen LogP contribution in [0.5, 0.6) is 0 Å². The van der Waals surface area contributed by atoms with Crippen molar-refractivity contribution in [3.05, 3.63) is 95.3 Å². The molecular formula is C22H18N2O. The highest BCUT2D eigenvalue weighted by molar-refractivity contribution is 6.11. The SMILES string of the molecule is Cc1ccc(C(=O)c2nc3ccc(C)cn3c2-c2ccccc2)cc1. The van der Waals surface area contributed by atoms with E-state index in [9.17, 15) is 4.79 Å². The molecule has 0 saturated carbocycles. The van der Waals surface area contributed by atoms with Crippen molar-refractivity contribution in [2.24, 2.45) is 0 Å². The van der Waals surface area contributed by atoms with Crippen molar-refractivity contribution in [1.82, 2.24) is 9.38 Å². The lowest BCUT2D eigenvalue weighted by atomic mass is 10.0. The molecule has 0 saturated heterocycles. The smallest absolute Gasteiger partial charge is 0.213 e. The van der Waals surface area contributed by atoms with E-state index in [0.717, 1.165) is 28.0 Å². The van der Waals surface area contributed by atoms with Crippen LogP contribution in [-0.4, -0.2) is 15.2 Å². The number of nitrogens with zero attached hydrogens (tertiary/aromatic N) is 2. The number of rotatable bonds is 3. The summed E-state index contributed by atoms with van der Waals surface area (Å²) in [5.41, 5.74) is 5.99. The van der Waals surface area contributed by atoms with Crippen LogP contribution in [0.4, 0.5) is 0 Å². The van der Waals surface area contributed by atoms with Gasteiger partial charge >= 0.3 is 0 Å². The molecule has 3 heteroatoms. The number of fused-ring (bicyclic) bond motifs is 1. The number of hydrogen-bond donors (Lipinski definition) is 0. The molecule has 0 aliphatic heterocycles. The van der Waals surface area contributed by atoms with Crippen LogP contribution in [0.2, 0.25) is 0 Å². The Bertz CT molecular complexity index is 1060. The molecule has 0 aliphatic rings. The first-order valence-electron chi connectivity index (χ1n) is 8.29. The first-order valence-corrected chi connectivity index (χ1v) is 8.29. The lowest BCUT2D eigenvalue weighted by molar-refractivity contribution is 0.103. The molecule has 0 aliphatic carbocycles. The molecule has 2 aromatic heterocycles. The molecule has 0 unspecified atom stereocenters. The third-order valence-electron chi connectivity index (χ3n) is 4.34. The molecule has 0 radical (unpaired) electrons. The van der Waals surface area contributed by atoms with Crippen LogP contribution in [0.3, 0.4) is 0 Å². The fourth-order valence-electron chi connectivity index (χ4n) is 3.02. The Hall–Kier alpha value is -3.20. The van der Waals surface area contributed by atoms with Gasteiger partial charge in [-0.1, -0.05) is 66.2 Å². The van der Waals surface area contributed by atoms with Crippen molar-refractivity contribution in [3.63, 3.8) is 0 Å². The fraction of sp³-hybridized carbons (Fsp3) is 0.0909. The third kappa shape index (κ3) is 2.74. The molecule has 0 bridgehead atoms. The minimum absolute atomic E-state index is 0.0554. The molecule has 0 N–H and O–H groups in total. The second-order valence-corrected chi connectivity index (χ2v) is 6.30. The summed E-state index contributed by atoms with van der Waals surface area (Å²) in [4.78, 5) is 17.8. The molecule has 4 rings (SSSR count). The number of aryl methyl sites for hydroxylation is 2. The van der Waals surface area contributed by atoms with Crippen molar-refractivity contribution in [2.75, 3.05) is 0 Å². The fourth-order valence-corrected chi connectivity index (χ4v) is 3.02. The molecule has 122 valence electrons. The largest absolute Gasteiger partial charge is 0.299 e. The minimum Gasteiger partial charge on any atom is -0.299 e. The minimum atomic E-state index is -0.0554. The standard InChI is InChI=1S/C22H18N2O/c1-15-8-11-18(12-9-15)22(25)20-21(17-6-4-3-5-7-17)24-14-16(2)10-13-19(24)23-20/h3-14H,1-2H3. The zero-order chi connectivity index (χ0) is 17.4. The quantitative estimate of drug-likeness (QED) is 0.504. The number of pyridine rings is 1. The van der Waals surface area contributed by atoms with Gasteiger partial charge in [0.05, 0.1) is 5.69 Å². The lowest BCUT2D eigenvalue weighted by Gasteiger charge is -2.06. The molecule has 25 heavy (non-hydrogen) atoms. The molecular weight excluding hydrogens is 308 g/mol. The van der Waals surface area contributed by atoms with Crippen LogP contribution in [0.25, 0.3) is 16.9 Å². The van der Waals surface area contributed by atoms with Crippen LogP contribution in [-0.2, 0) is 0 Å². The van der Waals surface area contributed by atoms with E-state index in [1.807, 2.05) is 91.2 Å². The van der Waals surface area contributed by atoms with Gasteiger partial charge in [0.25, 0.3) is 0 Å². The molecule has 2 heterocycles. The average Bonchev–Trinajstić information content (AvgIpc) is 3.01. The molecule has 3 nitrogen and oxygen atoms in total. The van der Waals surface area contributed by atoms with E-state index in [1.54, 1.807) is 0 Å². The van der Waals surface area contributed by atoms with E-state index in [4.69, 9.17) is 0 Å². The van der Waals surface area contributed by atoms with Crippen molar-refractivity contribution < 1.29 is 4.79 Å². The summed E-state index contributed by atoms with van der Waals surface area (Å²) >= 11 is 0. The summed E-state index contributed by atoms with van der Waals surface area (Å²) in [6.07, 6.45) is 2.02. The summed E-state index contributed by atoms with van der Waals surface area (Å²) in [7, 11) is 0. The number of aromatic nitrogens is 2. The van der Waals surface area contributed by atoms with E-state index in [1.165, 1.54) is 0 Å². The zero-order valence-electron chi connectivity index (χ0n) is 14.2. The van der Waals surface area contributed by atoms with Gasteiger partial charge in [0.2, 0.25) is 5.78 Å². The first-order chi connectivity index (χ1) is 12.1. The predicted octanol–water partition coefficient (Wildman–Crippen LogP) is 4.85. The van der Waals surface area contributed by atoms with Crippen LogP contribution in [0.15, 0.2) is 72.9 Å². The highest BCUT2D eigenvalue weighted by Gasteiger charge is 2.21. The molecule has 0 fully saturated rings. The van der Waals surface area contributed by atoms with Gasteiger partial charge < -0.3 is 0 Å². The molecule has 0 amide bonds. The van der Waals surface area contributed by atoms with Crippen molar-refractivity contribution >= 4 is 11.4 Å². The summed E-state index contributed by atoms with van der Waals surface area (Å²) < 4.78 is 2.01. The van der Waals surface area contributed by atoms with Gasteiger partial charge in [0.15, 0.2) is 0 Å². The zero-order valence-corrected chi connectivity index (χ0v) is 14.2. The van der Waals surface area contributed by atoms with Crippen LogP contribution < -0.4 is 0 Å². The second-order valence-electron chi connectivity index (χ2n) is 6.30. The van der Waals surface area contributed by atoms with Crippen molar-refractivity contribution in [3.8, 4) is 11.3 Å². The number of imidazole rings is 1. The summed E-state index contributed by atoms with van der Waals surface area (Å²) in [6, 6.07) is 21.5. The number of carbonyl (C=O) groups excluding carboxylic acids is 1. The first kappa shape index (κ1) is 15.3. The van der Waals surface area contributed by atoms with E-state index in [2.05, 4.69) is 4.98 Å². The maximum absolute atomic E-state index is 13.1. The highest BCUT2D eigenvalue weighted by atomic mass is 16.1. The van der Waals surface area contributed by atoms with Gasteiger partial charge in [-0.3, -0.25) is 9.20 Å². The second kappa shape index (κ2) is 6.02.